The number of carbonyl (C=O) groups is 1. The molecule has 5 rings (SSSR count). The minimum atomic E-state index is -0.522. The van der Waals surface area contributed by atoms with E-state index in [0.29, 0.717) is 28.4 Å². The van der Waals surface area contributed by atoms with E-state index in [1.807, 2.05) is 50.2 Å². The van der Waals surface area contributed by atoms with E-state index in [0.717, 1.165) is 0 Å². The number of hydrogen-bond acceptors (Lipinski definition) is 8. The van der Waals surface area contributed by atoms with Crippen molar-refractivity contribution < 1.29 is 9.53 Å². The van der Waals surface area contributed by atoms with Gasteiger partial charge in [0.1, 0.15) is 35.0 Å². The monoisotopic (exact) mass is 524 g/mol. The number of imidazole rings is 1. The first-order chi connectivity index (χ1) is 18.7. The Morgan fingerprint density at radius 1 is 1.13 bits per heavy atom. The highest BCUT2D eigenvalue weighted by Gasteiger charge is 2.37. The maximum absolute atomic E-state index is 13.7. The Morgan fingerprint density at radius 2 is 1.79 bits per heavy atom. The number of fused-ring (bicyclic) bond motifs is 1. The average molecular weight is 525 g/mol. The number of carbonyl (C=O) groups excluding carboxylic acids is 1. The summed E-state index contributed by atoms with van der Waals surface area (Å²) in [6.07, 6.45) is 2.92. The van der Waals surface area contributed by atoms with Crippen LogP contribution in [0.25, 0.3) is 16.9 Å². The van der Waals surface area contributed by atoms with Crippen molar-refractivity contribution in [1.82, 2.24) is 29.3 Å². The van der Waals surface area contributed by atoms with Crippen LogP contribution in [-0.4, -0.2) is 55.6 Å². The van der Waals surface area contributed by atoms with Gasteiger partial charge in [-0.15, -0.1) is 0 Å². The molecule has 0 spiro atoms. The Morgan fingerprint density at radius 3 is 2.44 bits per heavy atom. The number of rotatable bonds is 7. The number of likely N-dealkylation sites (N-methyl/N-ethyl adjacent to an activating group) is 1. The topological polar surface area (TPSA) is 144 Å². The summed E-state index contributed by atoms with van der Waals surface area (Å²) in [5.74, 6) is 1.10. The number of likely N-dealkylation sites (tertiary alicyclic amines) is 1. The van der Waals surface area contributed by atoms with Gasteiger partial charge in [0.2, 0.25) is 0 Å². The summed E-state index contributed by atoms with van der Waals surface area (Å²) < 4.78 is 8.88. The van der Waals surface area contributed by atoms with E-state index in [1.165, 1.54) is 10.9 Å². The zero-order valence-electron chi connectivity index (χ0n) is 21.8. The van der Waals surface area contributed by atoms with Crippen molar-refractivity contribution in [3.63, 3.8) is 0 Å². The average Bonchev–Trinajstić information content (AvgIpc) is 3.20. The second-order valence-corrected chi connectivity index (χ2v) is 9.83. The van der Waals surface area contributed by atoms with E-state index in [-0.39, 0.29) is 42.1 Å². The molecule has 0 saturated carbocycles. The smallest absolute Gasteiger partial charge is 0.335 e. The molecule has 1 saturated heterocycles. The number of nitrogen functional groups attached to an aromatic ring is 1. The first-order valence-electron chi connectivity index (χ1n) is 12.4. The van der Waals surface area contributed by atoms with E-state index in [2.05, 4.69) is 15.3 Å². The number of nitrogens with zero attached hydrogens (tertiary/aromatic N) is 6. The van der Waals surface area contributed by atoms with Gasteiger partial charge in [-0.05, 0) is 63.4 Å². The van der Waals surface area contributed by atoms with Gasteiger partial charge < -0.3 is 20.7 Å². The fraction of sp³-hybridized carbons (Fsp3) is 0.250. The minimum Gasteiger partial charge on any atom is -0.457 e. The third-order valence-electron chi connectivity index (χ3n) is 6.77. The van der Waals surface area contributed by atoms with Crippen molar-refractivity contribution in [2.75, 3.05) is 25.9 Å². The number of anilines is 1. The number of nitrogens with two attached hydrogens (primary N) is 1. The molecule has 1 fully saturated rings. The highest BCUT2D eigenvalue weighted by atomic mass is 16.5. The van der Waals surface area contributed by atoms with Gasteiger partial charge in [-0.25, -0.2) is 14.8 Å². The molecule has 0 aliphatic carbocycles. The Balaban J connectivity index is 1.44. The fourth-order valence-electron chi connectivity index (χ4n) is 4.45. The second-order valence-electron chi connectivity index (χ2n) is 9.83. The van der Waals surface area contributed by atoms with Crippen LogP contribution >= 0.6 is 0 Å². The Kier molecular flexibility index (Phi) is 6.64. The molecule has 0 radical (unpaired) electrons. The van der Waals surface area contributed by atoms with Crippen LogP contribution in [0, 0.1) is 11.3 Å². The maximum Gasteiger partial charge on any atom is 0.335 e. The first kappa shape index (κ1) is 25.7. The van der Waals surface area contributed by atoms with Crippen LogP contribution in [0.1, 0.15) is 19.9 Å². The van der Waals surface area contributed by atoms with Gasteiger partial charge in [0.05, 0.1) is 11.7 Å². The zero-order chi connectivity index (χ0) is 27.7. The fourth-order valence-corrected chi connectivity index (χ4v) is 4.45. The molecule has 11 heteroatoms. The van der Waals surface area contributed by atoms with Gasteiger partial charge in [0.15, 0.2) is 11.5 Å². The molecule has 3 heterocycles. The second kappa shape index (κ2) is 10.1. The molecule has 0 unspecified atom stereocenters. The minimum absolute atomic E-state index is 0.0481. The van der Waals surface area contributed by atoms with Gasteiger partial charge in [-0.2, -0.15) is 5.26 Å². The molecule has 1 amide bonds. The molecule has 2 aromatic heterocycles. The predicted octanol–water partition coefficient (Wildman–Crippen LogP) is 2.79. The molecule has 0 atom stereocenters. The Labute approximate surface area is 224 Å². The summed E-state index contributed by atoms with van der Waals surface area (Å²) in [6.45, 7) is 4.25. The van der Waals surface area contributed by atoms with E-state index in [9.17, 15) is 14.9 Å². The SMILES string of the molecule is CNC(C)(C)/C=C(/C#N)C(=O)N1CC(n2c(=O)n(-c3ccc(Oc4ccccc4)cc3)c3c(N)ncnc32)C1. The number of aromatic nitrogens is 4. The normalized spacial score (nSPS) is 14.2. The lowest BCUT2D eigenvalue weighted by Gasteiger charge is -2.39. The first-order valence-corrected chi connectivity index (χ1v) is 12.4. The molecule has 4 aromatic rings. The molecule has 2 aromatic carbocycles. The van der Waals surface area contributed by atoms with Gasteiger partial charge >= 0.3 is 5.69 Å². The van der Waals surface area contributed by atoms with Gasteiger partial charge in [0, 0.05) is 18.6 Å². The number of para-hydroxylation sites is 1. The van der Waals surface area contributed by atoms with Crippen LogP contribution in [0.5, 0.6) is 11.5 Å². The third kappa shape index (κ3) is 4.85. The number of nitrogens with one attached hydrogen (secondary N) is 1. The van der Waals surface area contributed by atoms with Crippen LogP contribution < -0.4 is 21.5 Å². The highest BCUT2D eigenvalue weighted by Crippen LogP contribution is 2.29. The largest absolute Gasteiger partial charge is 0.457 e. The summed E-state index contributed by atoms with van der Waals surface area (Å²) in [5.41, 5.74) is 6.72. The van der Waals surface area contributed by atoms with E-state index in [4.69, 9.17) is 10.5 Å². The van der Waals surface area contributed by atoms with Crippen molar-refractivity contribution in [1.29, 1.82) is 5.26 Å². The van der Waals surface area contributed by atoms with Crippen molar-refractivity contribution in [2.24, 2.45) is 0 Å². The molecular weight excluding hydrogens is 496 g/mol. The van der Waals surface area contributed by atoms with Crippen LogP contribution in [0.4, 0.5) is 5.82 Å². The van der Waals surface area contributed by atoms with Gasteiger partial charge in [-0.3, -0.25) is 13.9 Å². The lowest BCUT2D eigenvalue weighted by molar-refractivity contribution is -0.132. The lowest BCUT2D eigenvalue weighted by atomic mass is 9.99. The quantitative estimate of drug-likeness (QED) is 0.277. The summed E-state index contributed by atoms with van der Waals surface area (Å²) in [4.78, 5) is 36.7. The maximum atomic E-state index is 13.7. The van der Waals surface area contributed by atoms with Crippen molar-refractivity contribution in [2.45, 2.75) is 25.4 Å². The molecule has 198 valence electrons. The van der Waals surface area contributed by atoms with Crippen molar-refractivity contribution in [3.05, 3.63) is 83.1 Å². The molecule has 0 bridgehead atoms. The lowest BCUT2D eigenvalue weighted by Crippen LogP contribution is -2.53. The van der Waals surface area contributed by atoms with E-state index in [1.54, 1.807) is 46.9 Å². The number of ether oxygens (including phenoxy) is 1. The van der Waals surface area contributed by atoms with Gasteiger partial charge in [-0.1, -0.05) is 18.2 Å². The van der Waals surface area contributed by atoms with Crippen LogP contribution in [0.15, 0.2) is 77.4 Å². The van der Waals surface area contributed by atoms with Crippen molar-refractivity contribution in [3.8, 4) is 23.3 Å². The Bertz CT molecular complexity index is 1660. The van der Waals surface area contributed by atoms with E-state index >= 15 is 0 Å². The number of amides is 1. The van der Waals surface area contributed by atoms with Crippen LogP contribution in [0.2, 0.25) is 0 Å². The van der Waals surface area contributed by atoms with E-state index < -0.39 is 5.54 Å². The molecule has 3 N–H and O–H groups in total. The molecular formula is C28H28N8O3. The predicted molar refractivity (Wildman–Crippen MR) is 147 cm³/mol. The highest BCUT2D eigenvalue weighted by molar-refractivity contribution is 5.98. The molecule has 39 heavy (non-hydrogen) atoms. The Hall–Kier alpha value is -4.95. The number of benzene rings is 2. The zero-order valence-corrected chi connectivity index (χ0v) is 21.8. The number of nitriles is 1. The van der Waals surface area contributed by atoms with Crippen LogP contribution in [-0.2, 0) is 4.79 Å². The summed E-state index contributed by atoms with van der Waals surface area (Å²) in [7, 11) is 1.76. The summed E-state index contributed by atoms with van der Waals surface area (Å²) in [6, 6.07) is 18.1. The summed E-state index contributed by atoms with van der Waals surface area (Å²) >= 11 is 0. The molecule has 11 nitrogen and oxygen atoms in total. The molecule has 1 aliphatic heterocycles. The third-order valence-corrected chi connectivity index (χ3v) is 6.77. The summed E-state index contributed by atoms with van der Waals surface area (Å²) in [5, 5.41) is 12.6. The van der Waals surface area contributed by atoms with Crippen molar-refractivity contribution >= 4 is 22.9 Å². The number of hydrogen-bond donors (Lipinski definition) is 2. The molecule has 1 aliphatic rings. The standard InChI is InChI=1S/C28H28N8O3/c1-28(2,31-3)13-18(14-29)26(37)34-15-20(16-34)36-25-23(24(30)32-17-33-25)35(27(36)38)19-9-11-22(12-10-19)39-21-7-5-4-6-8-21/h4-13,17,20,31H,15-16H2,1-3H3,(H2,30,32,33)/b18-13-. The van der Waals surface area contributed by atoms with Crippen LogP contribution in [0.3, 0.4) is 0 Å². The van der Waals surface area contributed by atoms with Gasteiger partial charge in [0.25, 0.3) is 5.91 Å².